The van der Waals surface area contributed by atoms with E-state index < -0.39 is 14.1 Å². The van der Waals surface area contributed by atoms with Gasteiger partial charge in [0.15, 0.2) is 17.7 Å². The number of hydrogen-bond donors (Lipinski definition) is 4. The highest BCUT2D eigenvalue weighted by Gasteiger charge is 2.31. The van der Waals surface area contributed by atoms with Gasteiger partial charge in [0, 0.05) is 76.7 Å². The number of amides is 2. The molecule has 5 N–H and O–H groups in total. The maximum absolute atomic E-state index is 13.3. The predicted molar refractivity (Wildman–Crippen MR) is 195 cm³/mol. The van der Waals surface area contributed by atoms with Crippen LogP contribution in [0.1, 0.15) is 23.6 Å². The van der Waals surface area contributed by atoms with E-state index in [0.717, 1.165) is 35.9 Å². The topological polar surface area (TPSA) is 186 Å². The third-order valence-corrected chi connectivity index (χ3v) is 10.9. The van der Waals surface area contributed by atoms with Gasteiger partial charge < -0.3 is 30.8 Å². The fourth-order valence-corrected chi connectivity index (χ4v) is 6.93. The molecule has 3 heterocycles. The number of amidine groups is 1. The van der Waals surface area contributed by atoms with Gasteiger partial charge in [-0.2, -0.15) is 5.11 Å². The predicted octanol–water partition coefficient (Wildman–Crippen LogP) is 4.43. The number of hydrogen-bond acceptors (Lipinski definition) is 11. The van der Waals surface area contributed by atoms with Gasteiger partial charge in [0.25, 0.3) is 0 Å². The van der Waals surface area contributed by atoms with Crippen LogP contribution in [0.4, 0.5) is 11.4 Å². The zero-order valence-corrected chi connectivity index (χ0v) is 30.1. The van der Waals surface area contributed by atoms with Crippen molar-refractivity contribution in [2.24, 2.45) is 21.9 Å². The first-order valence-corrected chi connectivity index (χ1v) is 20.7. The summed E-state index contributed by atoms with van der Waals surface area (Å²) in [4.78, 5) is 41.4. The number of likely N-dealkylation sites (tertiary alicyclic amines) is 1. The summed E-state index contributed by atoms with van der Waals surface area (Å²) in [5, 5.41) is 19.0. The largest absolute Gasteiger partial charge is 0.409 e. The molecule has 2 atom stereocenters. The first-order valence-electron chi connectivity index (χ1n) is 17.0. The standard InChI is InChI=1S/C35H48N10O4Si/c1-50(2,3)20-19-49-24-27-5-8-28(21-30(27)32(41-37)33(36)42-48)40-35(47)26-11-14-43(22-26)23-31(46)45-17-15-44(16-18-45)29-9-6-25(7-10-29)34-38-12-4-13-39-34/h4-10,12-13,21,26,32,37,48H,11,14-20,22-24H2,1-3H3,(H2,36,42)(H,40,47)/t26-,32?/m1/s1. The molecule has 0 saturated carbocycles. The van der Waals surface area contributed by atoms with Gasteiger partial charge in [-0.15, -0.1) is 0 Å². The Kier molecular flexibility index (Phi) is 12.3. The monoisotopic (exact) mass is 700 g/mol. The molecule has 1 aromatic heterocycles. The molecule has 2 aromatic carbocycles. The molecule has 0 bridgehead atoms. The molecular weight excluding hydrogens is 653 g/mol. The summed E-state index contributed by atoms with van der Waals surface area (Å²) < 4.78 is 5.94. The van der Waals surface area contributed by atoms with Crippen molar-refractivity contribution in [1.82, 2.24) is 19.8 Å². The Morgan fingerprint density at radius 1 is 1.08 bits per heavy atom. The number of carbonyl (C=O) groups is 2. The minimum atomic E-state index is -1.27. The Morgan fingerprint density at radius 3 is 2.46 bits per heavy atom. The van der Waals surface area contributed by atoms with Crippen molar-refractivity contribution in [1.29, 1.82) is 5.53 Å². The van der Waals surface area contributed by atoms with Crippen LogP contribution in [0.2, 0.25) is 25.7 Å². The van der Waals surface area contributed by atoms with Crippen LogP contribution in [0.25, 0.3) is 11.4 Å². The molecule has 15 heteroatoms. The summed E-state index contributed by atoms with van der Waals surface area (Å²) in [5.41, 5.74) is 17.4. The van der Waals surface area contributed by atoms with Gasteiger partial charge in [-0.3, -0.25) is 14.5 Å². The van der Waals surface area contributed by atoms with Crippen LogP contribution in [0.3, 0.4) is 0 Å². The molecule has 266 valence electrons. The van der Waals surface area contributed by atoms with Gasteiger partial charge >= 0.3 is 0 Å². The Hall–Kier alpha value is -4.73. The Balaban J connectivity index is 1.11. The van der Waals surface area contributed by atoms with Crippen molar-refractivity contribution in [3.63, 3.8) is 0 Å². The van der Waals surface area contributed by atoms with Crippen LogP contribution in [0.15, 0.2) is 71.2 Å². The number of aromatic nitrogens is 2. The number of ether oxygens (including phenoxy) is 1. The van der Waals surface area contributed by atoms with E-state index in [1.165, 1.54) is 0 Å². The lowest BCUT2D eigenvalue weighted by Crippen LogP contribution is -2.51. The number of nitrogens with one attached hydrogen (secondary N) is 2. The Bertz CT molecular complexity index is 1640. The fraction of sp³-hybridized carbons (Fsp3) is 0.457. The molecule has 50 heavy (non-hydrogen) atoms. The fourth-order valence-electron chi connectivity index (χ4n) is 6.18. The molecule has 14 nitrogen and oxygen atoms in total. The maximum atomic E-state index is 13.3. The number of rotatable bonds is 14. The highest BCUT2D eigenvalue weighted by molar-refractivity contribution is 6.76. The van der Waals surface area contributed by atoms with Gasteiger partial charge in [0.2, 0.25) is 11.8 Å². The van der Waals surface area contributed by atoms with E-state index in [0.29, 0.717) is 56.3 Å². The normalized spacial score (nSPS) is 17.8. The van der Waals surface area contributed by atoms with Crippen molar-refractivity contribution in [2.75, 3.05) is 62.6 Å². The Morgan fingerprint density at radius 2 is 1.80 bits per heavy atom. The summed E-state index contributed by atoms with van der Waals surface area (Å²) in [6.45, 7) is 11.9. The summed E-state index contributed by atoms with van der Waals surface area (Å²) >= 11 is 0. The number of nitrogens with zero attached hydrogens (tertiary/aromatic N) is 7. The van der Waals surface area contributed by atoms with E-state index >= 15 is 0 Å². The molecule has 0 radical (unpaired) electrons. The molecule has 2 fully saturated rings. The smallest absolute Gasteiger partial charge is 0.236 e. The third kappa shape index (κ3) is 9.70. The van der Waals surface area contributed by atoms with Crippen molar-refractivity contribution in [3.05, 3.63) is 72.1 Å². The summed E-state index contributed by atoms with van der Waals surface area (Å²) in [7, 11) is -1.27. The van der Waals surface area contributed by atoms with Crippen LogP contribution in [0, 0.1) is 11.4 Å². The lowest BCUT2D eigenvalue weighted by molar-refractivity contribution is -0.132. The second kappa shape index (κ2) is 16.8. The van der Waals surface area contributed by atoms with Crippen molar-refractivity contribution in [3.8, 4) is 11.4 Å². The van der Waals surface area contributed by atoms with Crippen molar-refractivity contribution < 1.29 is 19.5 Å². The van der Waals surface area contributed by atoms with Gasteiger partial charge in [-0.1, -0.05) is 30.9 Å². The van der Waals surface area contributed by atoms with E-state index in [9.17, 15) is 14.8 Å². The van der Waals surface area contributed by atoms with Crippen LogP contribution in [-0.2, 0) is 20.9 Å². The second-order valence-electron chi connectivity index (χ2n) is 14.0. The third-order valence-electron chi connectivity index (χ3n) is 9.18. The van der Waals surface area contributed by atoms with Crippen molar-refractivity contribution >= 4 is 37.1 Å². The molecule has 0 aliphatic carbocycles. The lowest BCUT2D eigenvalue weighted by Gasteiger charge is -2.36. The van der Waals surface area contributed by atoms with E-state index in [1.54, 1.807) is 30.6 Å². The van der Waals surface area contributed by atoms with E-state index in [4.69, 9.17) is 16.0 Å². The molecule has 2 aliphatic rings. The van der Waals surface area contributed by atoms with Gasteiger partial charge in [0.1, 0.15) is 0 Å². The zero-order valence-electron chi connectivity index (χ0n) is 29.1. The maximum Gasteiger partial charge on any atom is 0.236 e. The molecule has 2 amide bonds. The first-order chi connectivity index (χ1) is 24.0. The summed E-state index contributed by atoms with van der Waals surface area (Å²) in [5.74, 6) is 0.114. The van der Waals surface area contributed by atoms with Crippen LogP contribution < -0.4 is 16.0 Å². The summed E-state index contributed by atoms with van der Waals surface area (Å²) in [6.07, 6.45) is 4.10. The number of oxime groups is 1. The minimum absolute atomic E-state index is 0.0721. The number of anilines is 2. The molecular formula is C35H48N10O4Si. The second-order valence-corrected chi connectivity index (χ2v) is 19.7. The SMILES string of the molecule is C[Si](C)(C)CCOCc1ccc(NC(=O)[C@@H]2CCN(CC(=O)N3CCN(c4ccc(-c5ncccn5)cc4)CC3)C2)cc1C(N=N)C(N)=NO. The number of benzene rings is 2. The highest BCUT2D eigenvalue weighted by Crippen LogP contribution is 2.28. The molecule has 2 saturated heterocycles. The zero-order chi connectivity index (χ0) is 35.7. The Labute approximate surface area is 294 Å². The van der Waals surface area contributed by atoms with E-state index in [-0.39, 0.29) is 36.7 Å². The first kappa shape index (κ1) is 36.5. The number of carbonyl (C=O) groups excluding carboxylic acids is 2. The molecule has 1 unspecified atom stereocenters. The van der Waals surface area contributed by atoms with Crippen molar-refractivity contribution in [2.45, 2.75) is 44.8 Å². The lowest BCUT2D eigenvalue weighted by atomic mass is 9.99. The van der Waals surface area contributed by atoms with E-state index in [2.05, 4.69) is 62.2 Å². The minimum Gasteiger partial charge on any atom is -0.409 e. The van der Waals surface area contributed by atoms with Crippen LogP contribution in [-0.4, -0.2) is 103 Å². The van der Waals surface area contributed by atoms with Gasteiger partial charge in [-0.05, 0) is 72.6 Å². The van der Waals surface area contributed by atoms with Gasteiger partial charge in [-0.25, -0.2) is 15.5 Å². The molecule has 0 spiro atoms. The van der Waals surface area contributed by atoms with Crippen LogP contribution >= 0.6 is 0 Å². The van der Waals surface area contributed by atoms with Crippen LogP contribution in [0.5, 0.6) is 0 Å². The number of nitrogens with two attached hydrogens (primary N) is 1. The summed E-state index contributed by atoms with van der Waals surface area (Å²) in [6, 6.07) is 15.3. The quantitative estimate of drug-likeness (QED) is 0.0359. The molecule has 2 aliphatic heterocycles. The average molecular weight is 701 g/mol. The molecule has 3 aromatic rings. The molecule has 5 rings (SSSR count). The number of piperazine rings is 1. The van der Waals surface area contributed by atoms with E-state index in [1.807, 2.05) is 28.0 Å². The highest BCUT2D eigenvalue weighted by atomic mass is 28.3. The van der Waals surface area contributed by atoms with Gasteiger partial charge in [0.05, 0.1) is 19.1 Å². The average Bonchev–Trinajstić information content (AvgIpc) is 3.60.